The molecule has 4 aromatic rings. The van der Waals surface area contributed by atoms with Crippen molar-refractivity contribution in [2.75, 3.05) is 0 Å². The van der Waals surface area contributed by atoms with Gasteiger partial charge in [-0.15, -0.1) is 11.3 Å². The number of hydrogen-bond donors (Lipinski definition) is 0. The van der Waals surface area contributed by atoms with Crippen LogP contribution in [0.15, 0.2) is 70.8 Å². The van der Waals surface area contributed by atoms with Crippen LogP contribution in [0.3, 0.4) is 0 Å². The number of hydrogen-bond acceptors (Lipinski definition) is 4. The van der Waals surface area contributed by atoms with Crippen LogP contribution < -0.4 is 0 Å². The van der Waals surface area contributed by atoms with Crippen LogP contribution in [0, 0.1) is 6.92 Å². The van der Waals surface area contributed by atoms with E-state index in [2.05, 4.69) is 51.0 Å². The number of rotatable bonds is 3. The van der Waals surface area contributed by atoms with Gasteiger partial charge in [0.25, 0.3) is 0 Å². The third-order valence-electron chi connectivity index (χ3n) is 3.83. The molecule has 0 unspecified atom stereocenters. The fourth-order valence-electron chi connectivity index (χ4n) is 2.68. The van der Waals surface area contributed by atoms with Crippen LogP contribution in [-0.4, -0.2) is 15.0 Å². The Morgan fingerprint density at radius 3 is 1.84 bits per heavy atom. The molecule has 0 fully saturated rings. The normalized spacial score (nSPS) is 10.8. The van der Waals surface area contributed by atoms with Crippen LogP contribution in [0.4, 0.5) is 0 Å². The highest BCUT2D eigenvalue weighted by Crippen LogP contribution is 2.37. The summed E-state index contributed by atoms with van der Waals surface area (Å²) in [5.41, 5.74) is 5.78. The molecule has 4 aromatic heterocycles. The van der Waals surface area contributed by atoms with E-state index in [-0.39, 0.29) is 0 Å². The van der Waals surface area contributed by atoms with Gasteiger partial charge in [0, 0.05) is 17.3 Å². The number of aromatic nitrogens is 3. The Labute approximate surface area is 158 Å². The van der Waals surface area contributed by atoms with E-state index in [1.807, 2.05) is 36.4 Å². The number of nitrogens with zero attached hydrogens (tertiary/aromatic N) is 3. The largest absolute Gasteiger partial charge is 0.255 e. The first kappa shape index (κ1) is 16.1. The summed E-state index contributed by atoms with van der Waals surface area (Å²) in [7, 11) is 0. The molecule has 0 aromatic carbocycles. The smallest absolute Gasteiger partial charge is 0.0900 e. The van der Waals surface area contributed by atoms with E-state index < -0.39 is 0 Å². The topological polar surface area (TPSA) is 38.7 Å². The van der Waals surface area contributed by atoms with Crippen molar-refractivity contribution in [3.8, 4) is 33.2 Å². The number of thiophene rings is 1. The molecule has 0 radical (unpaired) electrons. The average molecular weight is 408 g/mol. The first-order chi connectivity index (χ1) is 12.2. The molecule has 0 aliphatic carbocycles. The Balaban J connectivity index is 1.94. The van der Waals surface area contributed by atoms with Gasteiger partial charge in [0.1, 0.15) is 0 Å². The zero-order valence-corrected chi connectivity index (χ0v) is 15.9. The molecule has 0 amide bonds. The molecule has 0 bridgehead atoms. The van der Waals surface area contributed by atoms with E-state index in [9.17, 15) is 0 Å². The molecule has 122 valence electrons. The average Bonchev–Trinajstić information content (AvgIpc) is 3.01. The fraction of sp³-hybridized carbons (Fsp3) is 0.0500. The molecular formula is C20H14BrN3S. The highest BCUT2D eigenvalue weighted by molar-refractivity contribution is 9.11. The summed E-state index contributed by atoms with van der Waals surface area (Å²) in [6, 6.07) is 18.1. The molecule has 3 nitrogen and oxygen atoms in total. The molecule has 4 heterocycles. The summed E-state index contributed by atoms with van der Waals surface area (Å²) in [5, 5.41) is 0. The van der Waals surface area contributed by atoms with Crippen molar-refractivity contribution < 1.29 is 0 Å². The summed E-state index contributed by atoms with van der Waals surface area (Å²) in [6.45, 7) is 2.12. The van der Waals surface area contributed by atoms with Gasteiger partial charge in [-0.05, 0) is 76.4 Å². The third-order valence-corrected chi connectivity index (χ3v) is 5.62. The quantitative estimate of drug-likeness (QED) is 0.417. The van der Waals surface area contributed by atoms with Crippen LogP contribution in [0.25, 0.3) is 33.2 Å². The minimum atomic E-state index is 0.850. The van der Waals surface area contributed by atoms with Crippen molar-refractivity contribution in [1.82, 2.24) is 15.0 Å². The monoisotopic (exact) mass is 407 g/mol. The van der Waals surface area contributed by atoms with Crippen molar-refractivity contribution in [3.63, 3.8) is 0 Å². The zero-order chi connectivity index (χ0) is 17.2. The lowest BCUT2D eigenvalue weighted by atomic mass is 10.1. The molecule has 25 heavy (non-hydrogen) atoms. The van der Waals surface area contributed by atoms with Crippen LogP contribution in [0.5, 0.6) is 0 Å². The lowest BCUT2D eigenvalue weighted by molar-refractivity contribution is 1.22. The van der Waals surface area contributed by atoms with Gasteiger partial charge in [0.2, 0.25) is 0 Å². The minimum absolute atomic E-state index is 0.850. The molecule has 0 aliphatic rings. The summed E-state index contributed by atoms with van der Waals surface area (Å²) in [6.07, 6.45) is 3.58. The van der Waals surface area contributed by atoms with Crippen molar-refractivity contribution in [2.45, 2.75) is 6.92 Å². The molecule has 0 atom stereocenters. The predicted octanol–water partition coefficient (Wildman–Crippen LogP) is 6.01. The van der Waals surface area contributed by atoms with Crippen LogP contribution in [-0.2, 0) is 0 Å². The Kier molecular flexibility index (Phi) is 4.42. The standard InChI is InChI=1S/C20H14BrN3S/c1-13-10-19(21)25-20(13)14-11-17(15-6-2-4-8-22-15)24-18(12-14)16-7-3-5-9-23-16/h2-12H,1H3. The molecule has 0 saturated carbocycles. The summed E-state index contributed by atoms with van der Waals surface area (Å²) < 4.78 is 1.12. The maximum absolute atomic E-state index is 4.80. The minimum Gasteiger partial charge on any atom is -0.255 e. The van der Waals surface area contributed by atoms with Crippen molar-refractivity contribution in [1.29, 1.82) is 0 Å². The highest BCUT2D eigenvalue weighted by Gasteiger charge is 2.13. The zero-order valence-electron chi connectivity index (χ0n) is 13.5. The second-order valence-electron chi connectivity index (χ2n) is 5.62. The van der Waals surface area contributed by atoms with Gasteiger partial charge in [0.15, 0.2) is 0 Å². The van der Waals surface area contributed by atoms with E-state index in [4.69, 9.17) is 4.98 Å². The van der Waals surface area contributed by atoms with Crippen LogP contribution in [0.1, 0.15) is 5.56 Å². The molecular weight excluding hydrogens is 394 g/mol. The second kappa shape index (κ2) is 6.86. The van der Waals surface area contributed by atoms with E-state index in [0.29, 0.717) is 0 Å². The number of halogens is 1. The van der Waals surface area contributed by atoms with Crippen LogP contribution in [0.2, 0.25) is 0 Å². The highest BCUT2D eigenvalue weighted by atomic mass is 79.9. The second-order valence-corrected chi connectivity index (χ2v) is 8.05. The first-order valence-electron chi connectivity index (χ1n) is 7.82. The summed E-state index contributed by atoms with van der Waals surface area (Å²) in [5.74, 6) is 0. The predicted molar refractivity (Wildman–Crippen MR) is 106 cm³/mol. The molecule has 5 heteroatoms. The Morgan fingerprint density at radius 1 is 0.800 bits per heavy atom. The van der Waals surface area contributed by atoms with Crippen molar-refractivity contribution in [2.24, 2.45) is 0 Å². The van der Waals surface area contributed by atoms with Gasteiger partial charge >= 0.3 is 0 Å². The fourth-order valence-corrected chi connectivity index (χ4v) is 4.40. The lowest BCUT2D eigenvalue weighted by Gasteiger charge is -2.08. The van der Waals surface area contributed by atoms with E-state index in [1.54, 1.807) is 23.7 Å². The summed E-state index contributed by atoms with van der Waals surface area (Å²) >= 11 is 5.31. The SMILES string of the molecule is Cc1cc(Br)sc1-c1cc(-c2ccccn2)nc(-c2ccccn2)c1. The first-order valence-corrected chi connectivity index (χ1v) is 9.43. The molecule has 0 N–H and O–H groups in total. The van der Waals surface area contributed by atoms with Gasteiger partial charge in [-0.25, -0.2) is 4.98 Å². The molecule has 0 saturated heterocycles. The maximum atomic E-state index is 4.80. The van der Waals surface area contributed by atoms with E-state index in [0.717, 1.165) is 32.1 Å². The van der Waals surface area contributed by atoms with Gasteiger partial charge < -0.3 is 0 Å². The Bertz CT molecular complexity index is 956. The lowest BCUT2D eigenvalue weighted by Crippen LogP contribution is -1.93. The molecule has 0 spiro atoms. The molecule has 4 rings (SSSR count). The van der Waals surface area contributed by atoms with Gasteiger partial charge in [0.05, 0.1) is 26.6 Å². The van der Waals surface area contributed by atoms with Crippen LogP contribution >= 0.6 is 27.3 Å². The third kappa shape index (κ3) is 3.38. The van der Waals surface area contributed by atoms with Gasteiger partial charge in [-0.2, -0.15) is 0 Å². The number of pyridine rings is 3. The number of aryl methyl sites for hydroxylation is 1. The summed E-state index contributed by atoms with van der Waals surface area (Å²) in [4.78, 5) is 14.9. The molecule has 0 aliphatic heterocycles. The maximum Gasteiger partial charge on any atom is 0.0900 e. The van der Waals surface area contributed by atoms with Crippen molar-refractivity contribution >= 4 is 27.3 Å². The Morgan fingerprint density at radius 2 is 1.40 bits per heavy atom. The van der Waals surface area contributed by atoms with Gasteiger partial charge in [-0.1, -0.05) is 12.1 Å². The van der Waals surface area contributed by atoms with Gasteiger partial charge in [-0.3, -0.25) is 9.97 Å². The van der Waals surface area contributed by atoms with E-state index in [1.165, 1.54) is 10.4 Å². The Hall–Kier alpha value is -2.37. The van der Waals surface area contributed by atoms with Crippen molar-refractivity contribution in [3.05, 3.63) is 76.3 Å². The van der Waals surface area contributed by atoms with E-state index >= 15 is 0 Å².